The summed E-state index contributed by atoms with van der Waals surface area (Å²) in [7, 11) is 4.63. The highest BCUT2D eigenvalue weighted by atomic mass is 19.4. The van der Waals surface area contributed by atoms with Crippen molar-refractivity contribution in [3.8, 4) is 23.0 Å². The van der Waals surface area contributed by atoms with Crippen LogP contribution in [0.1, 0.15) is 17.2 Å². The van der Waals surface area contributed by atoms with Gasteiger partial charge in [-0.25, -0.2) is 0 Å². The molecule has 0 amide bonds. The number of nitrogens with zero attached hydrogens (tertiary/aromatic N) is 1. The summed E-state index contributed by atoms with van der Waals surface area (Å²) in [4.78, 5) is 2.25. The Morgan fingerprint density at radius 2 is 1.50 bits per heavy atom. The molecule has 164 valence electrons. The maximum atomic E-state index is 12.5. The van der Waals surface area contributed by atoms with Crippen LogP contribution in [0.2, 0.25) is 0 Å². The molecule has 2 aromatic rings. The minimum absolute atomic E-state index is 0.248. The molecule has 0 spiro atoms. The highest BCUT2D eigenvalue weighted by Crippen LogP contribution is 2.45. The van der Waals surface area contributed by atoms with Crippen molar-refractivity contribution in [3.05, 3.63) is 47.5 Å². The third-order valence-corrected chi connectivity index (χ3v) is 4.98. The zero-order chi connectivity index (χ0) is 21.7. The van der Waals surface area contributed by atoms with E-state index in [9.17, 15) is 13.2 Å². The van der Waals surface area contributed by atoms with Gasteiger partial charge in [0.25, 0.3) is 0 Å². The van der Waals surface area contributed by atoms with Gasteiger partial charge in [-0.15, -0.1) is 13.2 Å². The van der Waals surface area contributed by atoms with Crippen LogP contribution in [-0.4, -0.2) is 58.8 Å². The molecular formula is C21H25F3N2O4. The molecule has 1 saturated heterocycles. The molecular weight excluding hydrogens is 401 g/mol. The van der Waals surface area contributed by atoms with Gasteiger partial charge < -0.3 is 24.3 Å². The summed E-state index contributed by atoms with van der Waals surface area (Å²) >= 11 is 0. The predicted molar refractivity (Wildman–Crippen MR) is 106 cm³/mol. The van der Waals surface area contributed by atoms with Crippen molar-refractivity contribution in [1.82, 2.24) is 10.2 Å². The Morgan fingerprint density at radius 3 is 2.03 bits per heavy atom. The maximum Gasteiger partial charge on any atom is 0.573 e. The maximum absolute atomic E-state index is 12.5. The van der Waals surface area contributed by atoms with E-state index in [1.807, 2.05) is 6.07 Å². The van der Waals surface area contributed by atoms with Crippen LogP contribution in [0.15, 0.2) is 36.4 Å². The van der Waals surface area contributed by atoms with Crippen molar-refractivity contribution in [2.75, 3.05) is 47.5 Å². The van der Waals surface area contributed by atoms with Crippen LogP contribution < -0.4 is 24.3 Å². The molecule has 30 heavy (non-hydrogen) atoms. The van der Waals surface area contributed by atoms with Gasteiger partial charge in [0, 0.05) is 31.7 Å². The molecule has 1 aliphatic heterocycles. The fourth-order valence-electron chi connectivity index (χ4n) is 3.72. The monoisotopic (exact) mass is 426 g/mol. The molecule has 1 fully saturated rings. The molecule has 1 aliphatic rings. The van der Waals surface area contributed by atoms with Crippen LogP contribution in [-0.2, 0) is 0 Å². The van der Waals surface area contributed by atoms with Gasteiger partial charge in [0.2, 0.25) is 5.75 Å². The number of hydrogen-bond donors (Lipinski definition) is 1. The van der Waals surface area contributed by atoms with Crippen molar-refractivity contribution in [1.29, 1.82) is 0 Å². The minimum Gasteiger partial charge on any atom is -0.493 e. The summed E-state index contributed by atoms with van der Waals surface area (Å²) in [5.41, 5.74) is 1.65. The summed E-state index contributed by atoms with van der Waals surface area (Å²) in [6.45, 7) is 3.15. The smallest absolute Gasteiger partial charge is 0.493 e. The van der Waals surface area contributed by atoms with Gasteiger partial charge in [-0.1, -0.05) is 12.1 Å². The summed E-state index contributed by atoms with van der Waals surface area (Å²) in [5.74, 6) is 1.27. The van der Waals surface area contributed by atoms with E-state index in [0.717, 1.165) is 37.3 Å². The van der Waals surface area contributed by atoms with E-state index in [2.05, 4.69) is 15.0 Å². The molecule has 2 aromatic carbocycles. The fourth-order valence-corrected chi connectivity index (χ4v) is 3.72. The second-order valence-corrected chi connectivity index (χ2v) is 6.73. The first-order chi connectivity index (χ1) is 14.4. The predicted octanol–water partition coefficient (Wildman–Crippen LogP) is 3.61. The summed E-state index contributed by atoms with van der Waals surface area (Å²) in [5, 5.41) is 3.31. The Kier molecular flexibility index (Phi) is 6.94. The fraction of sp³-hybridized carbons (Fsp3) is 0.429. The molecule has 3 rings (SSSR count). The van der Waals surface area contributed by atoms with E-state index in [-0.39, 0.29) is 11.8 Å². The summed E-state index contributed by atoms with van der Waals surface area (Å²) < 4.78 is 58.2. The highest BCUT2D eigenvalue weighted by molar-refractivity contribution is 5.58. The number of nitrogens with one attached hydrogen (secondary N) is 1. The lowest BCUT2D eigenvalue weighted by Crippen LogP contribution is -2.45. The van der Waals surface area contributed by atoms with Crippen molar-refractivity contribution < 1.29 is 32.1 Å². The first-order valence-electron chi connectivity index (χ1n) is 9.47. The Bertz CT molecular complexity index is 837. The zero-order valence-electron chi connectivity index (χ0n) is 17.1. The molecule has 9 heteroatoms. The van der Waals surface area contributed by atoms with Crippen LogP contribution in [0.3, 0.4) is 0 Å². The number of alkyl halides is 3. The molecule has 0 bridgehead atoms. The molecule has 1 N–H and O–H groups in total. The third kappa shape index (κ3) is 4.91. The van der Waals surface area contributed by atoms with Crippen LogP contribution >= 0.6 is 0 Å². The molecule has 1 heterocycles. The largest absolute Gasteiger partial charge is 0.573 e. The number of benzene rings is 2. The number of halogens is 3. The number of methoxy groups -OCH3 is 3. The van der Waals surface area contributed by atoms with E-state index in [1.54, 1.807) is 32.4 Å². The molecule has 6 nitrogen and oxygen atoms in total. The molecule has 0 radical (unpaired) electrons. The van der Waals surface area contributed by atoms with Gasteiger partial charge in [0.05, 0.1) is 27.4 Å². The van der Waals surface area contributed by atoms with E-state index < -0.39 is 6.36 Å². The molecule has 0 aromatic heterocycles. The van der Waals surface area contributed by atoms with E-state index >= 15 is 0 Å². The van der Waals surface area contributed by atoms with Crippen molar-refractivity contribution >= 4 is 0 Å². The first-order valence-corrected chi connectivity index (χ1v) is 9.47. The van der Waals surface area contributed by atoms with Crippen LogP contribution in [0.4, 0.5) is 13.2 Å². The second-order valence-electron chi connectivity index (χ2n) is 6.73. The SMILES string of the molecule is COc1ccc([C@H](c2ccc(OC(F)(F)F)cc2)N2CCNCC2)c(OC)c1OC. The van der Waals surface area contributed by atoms with Gasteiger partial charge in [-0.2, -0.15) is 0 Å². The Balaban J connectivity index is 2.06. The number of rotatable bonds is 7. The molecule has 1 atom stereocenters. The average Bonchev–Trinajstić information content (AvgIpc) is 2.74. The van der Waals surface area contributed by atoms with Crippen molar-refractivity contribution in [2.45, 2.75) is 12.4 Å². The Hall–Kier alpha value is -2.65. The van der Waals surface area contributed by atoms with Gasteiger partial charge in [0.1, 0.15) is 5.75 Å². The summed E-state index contributed by atoms with van der Waals surface area (Å²) in [6.07, 6.45) is -4.73. The normalized spacial score (nSPS) is 16.1. The van der Waals surface area contributed by atoms with Gasteiger partial charge in [-0.05, 0) is 29.8 Å². The number of hydrogen-bond acceptors (Lipinski definition) is 6. The standard InChI is InChI=1S/C21H25F3N2O4/c1-27-17-9-8-16(19(28-2)20(17)29-3)18(26-12-10-25-11-13-26)14-4-6-15(7-5-14)30-21(22,23)24/h4-9,18,25H,10-13H2,1-3H3/t18-/m0/s1. The second kappa shape index (κ2) is 9.44. The van der Waals surface area contributed by atoms with Gasteiger partial charge in [0.15, 0.2) is 11.5 Å². The lowest BCUT2D eigenvalue weighted by Gasteiger charge is -2.36. The lowest BCUT2D eigenvalue weighted by atomic mass is 9.94. The Labute approximate surface area is 173 Å². The Morgan fingerprint density at radius 1 is 0.867 bits per heavy atom. The lowest BCUT2D eigenvalue weighted by molar-refractivity contribution is -0.274. The summed E-state index contributed by atoms with van der Waals surface area (Å²) in [6, 6.07) is 9.38. The third-order valence-electron chi connectivity index (χ3n) is 4.98. The first kappa shape index (κ1) is 22.0. The van der Waals surface area contributed by atoms with Gasteiger partial charge >= 0.3 is 6.36 Å². The van der Waals surface area contributed by atoms with E-state index in [4.69, 9.17) is 14.2 Å². The van der Waals surface area contributed by atoms with Crippen molar-refractivity contribution in [2.24, 2.45) is 0 Å². The van der Waals surface area contributed by atoms with E-state index in [0.29, 0.717) is 17.2 Å². The van der Waals surface area contributed by atoms with Gasteiger partial charge in [-0.3, -0.25) is 4.90 Å². The minimum atomic E-state index is -4.73. The van der Waals surface area contributed by atoms with E-state index in [1.165, 1.54) is 19.2 Å². The molecule has 0 unspecified atom stereocenters. The van der Waals surface area contributed by atoms with Crippen LogP contribution in [0.5, 0.6) is 23.0 Å². The van der Waals surface area contributed by atoms with Crippen LogP contribution in [0, 0.1) is 0 Å². The quantitative estimate of drug-likeness (QED) is 0.730. The molecule has 0 aliphatic carbocycles. The number of ether oxygens (including phenoxy) is 4. The number of piperazine rings is 1. The average molecular weight is 426 g/mol. The zero-order valence-corrected chi connectivity index (χ0v) is 17.1. The van der Waals surface area contributed by atoms with Crippen molar-refractivity contribution in [3.63, 3.8) is 0 Å². The highest BCUT2D eigenvalue weighted by Gasteiger charge is 2.32. The topological polar surface area (TPSA) is 52.2 Å². The van der Waals surface area contributed by atoms with Crippen LogP contribution in [0.25, 0.3) is 0 Å². The molecule has 0 saturated carbocycles.